The second-order valence-corrected chi connectivity index (χ2v) is 6.28. The van der Waals surface area contributed by atoms with Gasteiger partial charge in [-0.2, -0.15) is 0 Å². The maximum absolute atomic E-state index is 11.6. The van der Waals surface area contributed by atoms with Gasteiger partial charge < -0.3 is 5.32 Å². The fourth-order valence-corrected chi connectivity index (χ4v) is 2.77. The number of nitrogens with zero attached hydrogens (tertiary/aromatic N) is 4. The number of hydrogen-bond acceptors (Lipinski definition) is 8. The summed E-state index contributed by atoms with van der Waals surface area (Å²) >= 11 is 2.17. The summed E-state index contributed by atoms with van der Waals surface area (Å²) in [5.41, 5.74) is 0. The Balaban J connectivity index is 1.94. The van der Waals surface area contributed by atoms with Crippen molar-refractivity contribution >= 4 is 50.1 Å². The third kappa shape index (κ3) is 4.67. The number of carbonyl (C=O) groups is 1. The molecule has 0 aliphatic heterocycles. The van der Waals surface area contributed by atoms with Crippen LogP contribution in [0.2, 0.25) is 0 Å². The van der Waals surface area contributed by atoms with Crippen molar-refractivity contribution in [1.82, 2.24) is 10.2 Å². The minimum absolute atomic E-state index is 0.0580. The van der Waals surface area contributed by atoms with Crippen LogP contribution in [0.4, 0.5) is 15.3 Å². The molecule has 0 aliphatic rings. The van der Waals surface area contributed by atoms with E-state index < -0.39 is 4.92 Å². The summed E-state index contributed by atoms with van der Waals surface area (Å²) in [4.78, 5) is 26.4. The maximum atomic E-state index is 11.6. The van der Waals surface area contributed by atoms with Gasteiger partial charge in [0, 0.05) is 18.7 Å². The lowest BCUT2D eigenvalue weighted by atomic mass is 10.2. The number of nitro groups is 1. The molecular formula is C12H13N5O3S2. The second-order valence-electron chi connectivity index (χ2n) is 4.23. The molecule has 0 aromatic carbocycles. The first-order valence-electron chi connectivity index (χ1n) is 6.50. The van der Waals surface area contributed by atoms with Gasteiger partial charge in [0.2, 0.25) is 16.2 Å². The Hall–Kier alpha value is -2.20. The topological polar surface area (TPSA) is 110 Å². The summed E-state index contributed by atoms with van der Waals surface area (Å²) in [5.74, 6) is -0.0950. The molecule has 0 atom stereocenters. The number of aromatic nitrogens is 2. The fraction of sp³-hybridized carbons (Fsp3) is 0.333. The molecule has 8 nitrogen and oxygen atoms in total. The van der Waals surface area contributed by atoms with E-state index >= 15 is 0 Å². The van der Waals surface area contributed by atoms with Crippen molar-refractivity contribution in [3.63, 3.8) is 0 Å². The predicted molar refractivity (Wildman–Crippen MR) is 86.3 cm³/mol. The van der Waals surface area contributed by atoms with E-state index in [9.17, 15) is 14.9 Å². The SMILES string of the molecule is CCCCC(=O)Nc1nnc(/N=C/c2ccc([N+](=O)[O-])s2)s1. The van der Waals surface area contributed by atoms with E-state index in [0.717, 1.165) is 35.5 Å². The molecule has 0 saturated heterocycles. The largest absolute Gasteiger partial charge is 0.324 e. The van der Waals surface area contributed by atoms with Gasteiger partial charge in [0.1, 0.15) is 0 Å². The molecule has 10 heteroatoms. The number of anilines is 1. The summed E-state index contributed by atoms with van der Waals surface area (Å²) in [7, 11) is 0. The molecule has 116 valence electrons. The van der Waals surface area contributed by atoms with Crippen LogP contribution in [-0.2, 0) is 4.79 Å². The minimum Gasteiger partial charge on any atom is -0.300 e. The average molecular weight is 339 g/mol. The van der Waals surface area contributed by atoms with E-state index in [2.05, 4.69) is 20.5 Å². The Morgan fingerprint density at radius 1 is 1.45 bits per heavy atom. The highest BCUT2D eigenvalue weighted by Crippen LogP contribution is 2.25. The third-order valence-electron chi connectivity index (χ3n) is 2.51. The maximum Gasteiger partial charge on any atom is 0.324 e. The van der Waals surface area contributed by atoms with Crippen LogP contribution < -0.4 is 5.32 Å². The van der Waals surface area contributed by atoms with E-state index in [1.54, 1.807) is 6.07 Å². The quantitative estimate of drug-likeness (QED) is 0.472. The molecule has 1 amide bonds. The highest BCUT2D eigenvalue weighted by molar-refractivity contribution is 7.19. The van der Waals surface area contributed by atoms with Crippen LogP contribution >= 0.6 is 22.7 Å². The molecule has 0 radical (unpaired) electrons. The number of carbonyl (C=O) groups excluding carboxylic acids is 1. The smallest absolute Gasteiger partial charge is 0.300 e. The first-order chi connectivity index (χ1) is 10.6. The number of rotatable bonds is 7. The Bertz CT molecular complexity index is 695. The third-order valence-corrected chi connectivity index (χ3v) is 4.23. The van der Waals surface area contributed by atoms with E-state index in [1.165, 1.54) is 12.3 Å². The van der Waals surface area contributed by atoms with E-state index in [4.69, 9.17) is 0 Å². The molecule has 2 aromatic heterocycles. The van der Waals surface area contributed by atoms with E-state index in [-0.39, 0.29) is 10.9 Å². The van der Waals surface area contributed by atoms with Gasteiger partial charge in [0.15, 0.2) is 0 Å². The van der Waals surface area contributed by atoms with Crippen molar-refractivity contribution in [3.8, 4) is 0 Å². The highest BCUT2D eigenvalue weighted by Gasteiger charge is 2.09. The standard InChI is InChI=1S/C12H13N5O3S2/c1-2-3-4-9(18)14-12-16-15-11(22-12)13-7-8-5-6-10(21-8)17(19)20/h5-7H,2-4H2,1H3,(H,14,16,18)/b13-7+. The van der Waals surface area contributed by atoms with Gasteiger partial charge in [-0.05, 0) is 12.5 Å². The van der Waals surface area contributed by atoms with Crippen LogP contribution in [0.3, 0.4) is 0 Å². The first kappa shape index (κ1) is 16.2. The van der Waals surface area contributed by atoms with Gasteiger partial charge in [0.25, 0.3) is 0 Å². The summed E-state index contributed by atoms with van der Waals surface area (Å²) in [6, 6.07) is 3.03. The van der Waals surface area contributed by atoms with Crippen LogP contribution in [0.1, 0.15) is 31.1 Å². The van der Waals surface area contributed by atoms with Crippen molar-refractivity contribution in [2.75, 3.05) is 5.32 Å². The van der Waals surface area contributed by atoms with Crippen molar-refractivity contribution in [3.05, 3.63) is 27.1 Å². The lowest BCUT2D eigenvalue weighted by Crippen LogP contribution is -2.10. The Kier molecular flexibility index (Phi) is 5.67. The Labute approximate surface area is 134 Å². The second kappa shape index (κ2) is 7.71. The number of thiophene rings is 1. The van der Waals surface area contributed by atoms with E-state index in [0.29, 0.717) is 21.6 Å². The molecule has 2 heterocycles. The fourth-order valence-electron chi connectivity index (χ4n) is 1.47. The van der Waals surface area contributed by atoms with Crippen molar-refractivity contribution < 1.29 is 9.72 Å². The summed E-state index contributed by atoms with van der Waals surface area (Å²) in [5, 5.41) is 21.7. The molecule has 2 aromatic rings. The Morgan fingerprint density at radius 3 is 2.95 bits per heavy atom. The monoisotopic (exact) mass is 339 g/mol. The lowest BCUT2D eigenvalue weighted by Gasteiger charge is -1.98. The highest BCUT2D eigenvalue weighted by atomic mass is 32.1. The van der Waals surface area contributed by atoms with Gasteiger partial charge in [-0.15, -0.1) is 10.2 Å². The zero-order valence-electron chi connectivity index (χ0n) is 11.7. The molecule has 0 aliphatic carbocycles. The number of hydrogen-bond donors (Lipinski definition) is 1. The zero-order chi connectivity index (χ0) is 15.9. The van der Waals surface area contributed by atoms with Gasteiger partial charge in [-0.25, -0.2) is 4.99 Å². The van der Waals surface area contributed by atoms with Crippen LogP contribution in [0.25, 0.3) is 0 Å². The number of aliphatic imine (C=N–C) groups is 1. The van der Waals surface area contributed by atoms with Crippen molar-refractivity contribution in [1.29, 1.82) is 0 Å². The van der Waals surface area contributed by atoms with Crippen molar-refractivity contribution in [2.24, 2.45) is 4.99 Å². The van der Waals surface area contributed by atoms with Crippen LogP contribution in [0.15, 0.2) is 17.1 Å². The molecule has 0 fully saturated rings. The lowest BCUT2D eigenvalue weighted by molar-refractivity contribution is -0.380. The van der Waals surface area contributed by atoms with Gasteiger partial charge in [0.05, 0.1) is 9.80 Å². The molecular weight excluding hydrogens is 326 g/mol. The first-order valence-corrected chi connectivity index (χ1v) is 8.13. The van der Waals surface area contributed by atoms with Crippen LogP contribution in [0.5, 0.6) is 0 Å². The molecule has 0 bridgehead atoms. The van der Waals surface area contributed by atoms with Crippen LogP contribution in [-0.4, -0.2) is 27.2 Å². The molecule has 2 rings (SSSR count). The molecule has 0 saturated carbocycles. The summed E-state index contributed by atoms with van der Waals surface area (Å²) in [6.45, 7) is 2.01. The minimum atomic E-state index is -0.448. The normalized spacial score (nSPS) is 11.0. The molecule has 0 spiro atoms. The van der Waals surface area contributed by atoms with Gasteiger partial charge in [-0.3, -0.25) is 14.9 Å². The molecule has 0 unspecified atom stereocenters. The number of nitrogens with one attached hydrogen (secondary N) is 1. The Morgan fingerprint density at radius 2 is 2.27 bits per heavy atom. The van der Waals surface area contributed by atoms with Gasteiger partial charge >= 0.3 is 5.00 Å². The van der Waals surface area contributed by atoms with Crippen molar-refractivity contribution in [2.45, 2.75) is 26.2 Å². The number of unbranched alkanes of at least 4 members (excludes halogenated alkanes) is 1. The predicted octanol–water partition coefficient (Wildman–Crippen LogP) is 3.39. The van der Waals surface area contributed by atoms with Gasteiger partial charge in [-0.1, -0.05) is 36.0 Å². The zero-order valence-corrected chi connectivity index (χ0v) is 13.3. The molecule has 22 heavy (non-hydrogen) atoms. The summed E-state index contributed by atoms with van der Waals surface area (Å²) < 4.78 is 0. The summed E-state index contributed by atoms with van der Waals surface area (Å²) in [6.07, 6.45) is 3.72. The van der Waals surface area contributed by atoms with Crippen LogP contribution in [0, 0.1) is 10.1 Å². The number of amides is 1. The average Bonchev–Trinajstić information content (AvgIpc) is 3.12. The van der Waals surface area contributed by atoms with E-state index in [1.807, 2.05) is 6.92 Å². The molecule has 1 N–H and O–H groups in total.